The zero-order valence-corrected chi connectivity index (χ0v) is 23.8. The molecule has 28 heteroatoms. The summed E-state index contributed by atoms with van der Waals surface area (Å²) < 4.78 is 354. The van der Waals surface area contributed by atoms with Gasteiger partial charge in [-0.3, -0.25) is 0 Å². The fraction of sp³-hybridized carbons (Fsp3) is 0.154. The van der Waals surface area contributed by atoms with Crippen LogP contribution in [0.3, 0.4) is 0 Å². The van der Waals surface area contributed by atoms with E-state index in [4.69, 9.17) is 0 Å². The van der Waals surface area contributed by atoms with Crippen LogP contribution in [0.2, 0.25) is 0 Å². The number of hydrogen-bond acceptors (Lipinski definition) is 5. The Bertz CT molecular complexity index is 2270. The van der Waals surface area contributed by atoms with Crippen LogP contribution in [0, 0.1) is 88.0 Å². The van der Waals surface area contributed by atoms with Gasteiger partial charge in [0.15, 0.2) is 17.5 Å². The molecule has 54 heavy (non-hydrogen) atoms. The largest absolute Gasteiger partial charge is 0.424 e. The van der Waals surface area contributed by atoms with Crippen LogP contribution in [0.1, 0.15) is 34.2 Å². The maximum Gasteiger partial charge on any atom is 0.392 e. The first-order valence-electron chi connectivity index (χ1n) is 12.7. The smallest absolute Gasteiger partial charge is 0.392 e. The van der Waals surface area contributed by atoms with Crippen LogP contribution in [-0.2, 0) is 23.9 Å². The summed E-state index contributed by atoms with van der Waals surface area (Å²) in [6, 6.07) is -27.3. The van der Waals surface area contributed by atoms with Gasteiger partial charge in [0.05, 0.1) is 16.8 Å². The van der Waals surface area contributed by atoms with Crippen LogP contribution in [-0.4, -0.2) is 0 Å². The third-order valence-electron chi connectivity index (χ3n) is 6.85. The van der Waals surface area contributed by atoms with E-state index in [9.17, 15) is 52.7 Å². The maximum absolute atomic E-state index is 16.1. The molecule has 4 aromatic heterocycles. The summed E-state index contributed by atoms with van der Waals surface area (Å²) in [7, 11) is 0. The van der Waals surface area contributed by atoms with Crippen molar-refractivity contribution in [2.45, 2.75) is 23.9 Å². The Morgan fingerprint density at radius 2 is 0.574 bits per heavy atom. The van der Waals surface area contributed by atoms with Gasteiger partial charge in [-0.15, -0.1) is 0 Å². The number of rotatable bonds is 9. The van der Waals surface area contributed by atoms with Crippen LogP contribution in [0.5, 0.6) is 0 Å². The van der Waals surface area contributed by atoms with E-state index in [0.29, 0.717) is 0 Å². The molecule has 5 nitrogen and oxygen atoms in total. The van der Waals surface area contributed by atoms with E-state index in [0.717, 1.165) is 0 Å². The predicted octanol–water partition coefficient (Wildman–Crippen LogP) is 10.7. The van der Waals surface area contributed by atoms with Gasteiger partial charge in [0.1, 0.15) is 0 Å². The Labute approximate surface area is 276 Å². The summed E-state index contributed by atoms with van der Waals surface area (Å²) in [5.74, 6) is -68.4. The van der Waals surface area contributed by atoms with Gasteiger partial charge in [-0.05, 0) is 0 Å². The second-order valence-electron chi connectivity index (χ2n) is 9.94. The van der Waals surface area contributed by atoms with Gasteiger partial charge in [0.25, 0.3) is 0 Å². The van der Waals surface area contributed by atoms with Gasteiger partial charge in [-0.1, -0.05) is 0 Å². The van der Waals surface area contributed by atoms with E-state index in [1.165, 1.54) is 0 Å². The number of hydrogen-bond donors (Lipinski definition) is 0. The van der Waals surface area contributed by atoms with E-state index in [1.54, 1.807) is 0 Å². The van der Waals surface area contributed by atoms with Crippen LogP contribution in [0.25, 0.3) is 0 Å². The molecule has 0 bridgehead atoms. The monoisotopic (exact) mass is 827 g/mol. The third kappa shape index (κ3) is 5.33. The van der Waals surface area contributed by atoms with Gasteiger partial charge in [-0.25, -0.2) is 18.1 Å². The summed E-state index contributed by atoms with van der Waals surface area (Å²) in [5.41, 5.74) is -13.0. The first-order valence-corrected chi connectivity index (χ1v) is 12.7. The van der Waals surface area contributed by atoms with E-state index in [1.807, 2.05) is 0 Å². The molecule has 0 unspecified atom stereocenters. The summed E-state index contributed by atoms with van der Waals surface area (Å²) in [4.78, 5) is -3.32. The molecule has 5 aromatic rings. The van der Waals surface area contributed by atoms with E-state index in [2.05, 4.69) is 17.7 Å². The van der Waals surface area contributed by atoms with Gasteiger partial charge >= 0.3 is 48.0 Å². The van der Waals surface area contributed by atoms with Gasteiger partial charge in [0.2, 0.25) is 69.6 Å². The molecule has 4 heterocycles. The molecule has 0 saturated heterocycles. The van der Waals surface area contributed by atoms with Crippen LogP contribution >= 0.6 is 0 Å². The van der Waals surface area contributed by atoms with E-state index >= 15 is 48.3 Å². The van der Waals surface area contributed by atoms with Gasteiger partial charge in [0, 0.05) is 0 Å². The number of benzene rings is 1. The minimum atomic E-state index is -7.21. The van der Waals surface area contributed by atoms with E-state index in [-0.39, 0.29) is 0 Å². The van der Waals surface area contributed by atoms with E-state index < -0.39 is 157 Å². The number of alkyl halides is 8. The molecule has 0 radical (unpaired) electrons. The predicted molar refractivity (Wildman–Crippen MR) is 117 cm³/mol. The van der Waals surface area contributed by atoms with Crippen molar-refractivity contribution < 1.29 is 119 Å². The normalized spacial score (nSPS) is 13.1. The molecular weight excluding hydrogens is 827 g/mol. The second-order valence-corrected chi connectivity index (χ2v) is 9.94. The second kappa shape index (κ2) is 12.3. The molecule has 0 fully saturated rings. The highest BCUT2D eigenvalue weighted by molar-refractivity contribution is 5.66. The lowest BCUT2D eigenvalue weighted by molar-refractivity contribution is -0.139. The number of furan rings is 4. The fourth-order valence-electron chi connectivity index (χ4n) is 4.60. The summed E-state index contributed by atoms with van der Waals surface area (Å²) in [6.45, 7) is 0. The molecule has 0 aliphatic carbocycles. The Balaban J connectivity index is 2.11. The highest BCUT2D eigenvalue weighted by Gasteiger charge is 2.66. The quantitative estimate of drug-likeness (QED) is 0.0842. The van der Waals surface area contributed by atoms with Crippen molar-refractivity contribution in [1.82, 2.24) is 0 Å². The molecule has 0 atom stereocenters. The van der Waals surface area contributed by atoms with Crippen molar-refractivity contribution in [3.63, 3.8) is 0 Å². The molecule has 294 valence electrons. The Hall–Kier alpha value is -5.47. The molecule has 5 rings (SSSR count). The summed E-state index contributed by atoms with van der Waals surface area (Å²) in [6.07, 6.45) is 0. The van der Waals surface area contributed by atoms with Crippen LogP contribution < -0.4 is 4.90 Å². The molecule has 0 N–H and O–H groups in total. The van der Waals surface area contributed by atoms with Gasteiger partial charge < -0.3 is 17.7 Å². The van der Waals surface area contributed by atoms with Crippen molar-refractivity contribution in [3.8, 4) is 0 Å². The molecule has 0 saturated carbocycles. The average molecular weight is 827 g/mol. The molecular formula is C26F23NO4. The molecule has 0 spiro atoms. The molecule has 0 aliphatic rings. The van der Waals surface area contributed by atoms with Gasteiger partial charge in [-0.2, -0.15) is 87.8 Å². The maximum atomic E-state index is 16.1. The van der Waals surface area contributed by atoms with Crippen molar-refractivity contribution in [2.75, 3.05) is 4.90 Å². The van der Waals surface area contributed by atoms with Crippen LogP contribution in [0.15, 0.2) is 17.7 Å². The lowest BCUT2D eigenvalue weighted by Gasteiger charge is -2.39. The topological polar surface area (TPSA) is 55.8 Å². The number of nitrogens with zero attached hydrogens (tertiary/aromatic N) is 1. The Morgan fingerprint density at radius 1 is 0.296 bits per heavy atom. The molecule has 0 aliphatic heterocycles. The Morgan fingerprint density at radius 3 is 0.852 bits per heavy atom. The minimum absolute atomic E-state index is 3.16. The highest BCUT2D eigenvalue weighted by atomic mass is 19.3. The first kappa shape index (κ1) is 39.7. The Kier molecular flexibility index (Phi) is 9.04. The standard InChI is InChI=1S/C26F23NO4/c27-3-1(23(42,43)15-6(30)10(34)19(38)51-15)2(24(44,45)16-7(31)11(35)20(39)52-16)14(5(29)4(3)28)50(25(46,47)17-8(32)12(36)21(40)53-17)26(48,49)18-9(33)13(37)22(41)54-18. The zero-order chi connectivity index (χ0) is 41.1. The van der Waals surface area contributed by atoms with Crippen molar-refractivity contribution in [2.24, 2.45) is 0 Å². The zero-order valence-electron chi connectivity index (χ0n) is 23.8. The first-order chi connectivity index (χ1) is 24.6. The highest BCUT2D eigenvalue weighted by Crippen LogP contribution is 2.58. The molecule has 1 aromatic carbocycles. The lowest BCUT2D eigenvalue weighted by Crippen LogP contribution is -2.52. The fourth-order valence-corrected chi connectivity index (χ4v) is 4.60. The van der Waals surface area contributed by atoms with Crippen molar-refractivity contribution >= 4 is 5.69 Å². The van der Waals surface area contributed by atoms with Crippen LogP contribution in [0.4, 0.5) is 107 Å². The minimum Gasteiger partial charge on any atom is -0.424 e. The summed E-state index contributed by atoms with van der Waals surface area (Å²) in [5, 5.41) is 0. The van der Waals surface area contributed by atoms with Crippen molar-refractivity contribution in [1.29, 1.82) is 0 Å². The molecule has 0 amide bonds. The third-order valence-corrected chi connectivity index (χ3v) is 6.85. The van der Waals surface area contributed by atoms with Crippen molar-refractivity contribution in [3.05, 3.63) is 122 Å². The summed E-state index contributed by atoms with van der Waals surface area (Å²) >= 11 is 0. The lowest BCUT2D eigenvalue weighted by atomic mass is 9.90. The SMILES string of the molecule is Fc1oc(C(F)(F)c2c(F)c(F)c(F)c(N(C(F)(F)c3oc(F)c(F)c3F)C(F)(F)c3oc(F)c(F)c3F)c2C(F)(F)c2oc(F)c(F)c2F)c(F)c1F. The number of anilines is 1. The number of halogens is 23. The average Bonchev–Trinajstić information content (AvgIpc) is 3.71.